The van der Waals surface area contributed by atoms with Gasteiger partial charge in [0.05, 0.1) is 25.2 Å². The van der Waals surface area contributed by atoms with Gasteiger partial charge in [-0.1, -0.05) is 0 Å². The van der Waals surface area contributed by atoms with Crippen LogP contribution in [0.3, 0.4) is 0 Å². The number of hydrogen-bond acceptors (Lipinski definition) is 5. The Morgan fingerprint density at radius 1 is 1.25 bits per heavy atom. The number of aliphatic hydroxyl groups is 1. The molecule has 1 rings (SSSR count). The monoisotopic (exact) mass is 303 g/mol. The molecule has 0 aliphatic carbocycles. The summed E-state index contributed by atoms with van der Waals surface area (Å²) in [5.74, 6) is 0.823. The Hall–Kier alpha value is -1.31. The molecule has 0 heterocycles. The highest BCUT2D eigenvalue weighted by Gasteiger charge is 2.25. The molecule has 0 saturated heterocycles. The van der Waals surface area contributed by atoms with Crippen molar-refractivity contribution in [3.8, 4) is 11.5 Å². The van der Waals surface area contributed by atoms with Gasteiger partial charge in [-0.2, -0.15) is 4.31 Å². The van der Waals surface area contributed by atoms with Crippen molar-refractivity contribution in [2.45, 2.75) is 24.8 Å². The van der Waals surface area contributed by atoms with Gasteiger partial charge in [-0.15, -0.1) is 0 Å². The third-order valence-electron chi connectivity index (χ3n) is 2.89. The zero-order valence-electron chi connectivity index (χ0n) is 12.4. The van der Waals surface area contributed by atoms with E-state index in [9.17, 15) is 13.5 Å². The van der Waals surface area contributed by atoms with Crippen molar-refractivity contribution in [2.75, 3.05) is 27.8 Å². The van der Waals surface area contributed by atoms with E-state index >= 15 is 0 Å². The van der Waals surface area contributed by atoms with E-state index in [4.69, 9.17) is 9.47 Å². The summed E-state index contributed by atoms with van der Waals surface area (Å²) < 4.78 is 36.3. The smallest absolute Gasteiger partial charge is 0.243 e. The number of likely N-dealkylation sites (N-methyl/N-ethyl adjacent to an activating group) is 1. The van der Waals surface area contributed by atoms with Gasteiger partial charge in [-0.3, -0.25) is 0 Å². The highest BCUT2D eigenvalue weighted by Crippen LogP contribution is 2.33. The SMILES string of the molecule is COc1cc(C)c(S(=O)(=O)N(C)CC(C)O)cc1OC. The molecule has 6 nitrogen and oxygen atoms in total. The molecule has 1 aromatic carbocycles. The standard InChI is InChI=1S/C13H21NO5S/c1-9-6-11(18-4)12(19-5)7-13(9)20(16,17)14(3)8-10(2)15/h6-7,10,15H,8H2,1-5H3. The summed E-state index contributed by atoms with van der Waals surface area (Å²) in [6.07, 6.45) is -0.741. The Labute approximate surface area is 120 Å². The van der Waals surface area contributed by atoms with Crippen LogP contribution in [0.1, 0.15) is 12.5 Å². The number of benzene rings is 1. The van der Waals surface area contributed by atoms with E-state index in [-0.39, 0.29) is 11.4 Å². The fraction of sp³-hybridized carbons (Fsp3) is 0.538. The third kappa shape index (κ3) is 3.41. The molecular formula is C13H21NO5S. The van der Waals surface area contributed by atoms with Gasteiger partial charge in [0.1, 0.15) is 0 Å². The number of sulfonamides is 1. The van der Waals surface area contributed by atoms with Crippen LogP contribution < -0.4 is 9.47 Å². The Bertz CT molecular complexity index is 568. The Morgan fingerprint density at radius 3 is 2.20 bits per heavy atom. The number of ether oxygens (including phenoxy) is 2. The average Bonchev–Trinajstić information content (AvgIpc) is 2.37. The van der Waals surface area contributed by atoms with Crippen molar-refractivity contribution in [3.05, 3.63) is 17.7 Å². The second-order valence-corrected chi connectivity index (χ2v) is 6.62. The molecule has 114 valence electrons. The first-order valence-corrected chi connectivity index (χ1v) is 7.55. The van der Waals surface area contributed by atoms with Gasteiger partial charge in [0.2, 0.25) is 10.0 Å². The van der Waals surface area contributed by atoms with Gasteiger partial charge in [-0.05, 0) is 25.5 Å². The van der Waals surface area contributed by atoms with Crippen molar-refractivity contribution in [1.29, 1.82) is 0 Å². The third-order valence-corrected chi connectivity index (χ3v) is 4.86. The maximum absolute atomic E-state index is 12.5. The van der Waals surface area contributed by atoms with Gasteiger partial charge >= 0.3 is 0 Å². The zero-order valence-corrected chi connectivity index (χ0v) is 13.2. The van der Waals surface area contributed by atoms with E-state index in [1.165, 1.54) is 34.3 Å². The van der Waals surface area contributed by atoms with Gasteiger partial charge in [0.15, 0.2) is 11.5 Å². The van der Waals surface area contributed by atoms with Crippen LogP contribution in [-0.2, 0) is 10.0 Å². The van der Waals surface area contributed by atoms with E-state index in [1.807, 2.05) is 0 Å². The minimum absolute atomic E-state index is 0.0239. The van der Waals surface area contributed by atoms with Gasteiger partial charge in [-0.25, -0.2) is 8.42 Å². The molecule has 1 aromatic rings. The molecule has 20 heavy (non-hydrogen) atoms. The van der Waals surface area contributed by atoms with E-state index in [0.717, 1.165) is 4.31 Å². The molecular weight excluding hydrogens is 282 g/mol. The number of hydrogen-bond donors (Lipinski definition) is 1. The van der Waals surface area contributed by atoms with E-state index < -0.39 is 16.1 Å². The number of aliphatic hydroxyl groups excluding tert-OH is 1. The van der Waals surface area contributed by atoms with Crippen LogP contribution in [0.4, 0.5) is 0 Å². The summed E-state index contributed by atoms with van der Waals surface area (Å²) in [6.45, 7) is 3.24. The number of rotatable bonds is 6. The van der Waals surface area contributed by atoms with E-state index in [1.54, 1.807) is 13.0 Å². The van der Waals surface area contributed by atoms with E-state index in [0.29, 0.717) is 17.1 Å². The fourth-order valence-electron chi connectivity index (χ4n) is 1.88. The Kier molecular flexibility index (Phi) is 5.38. The molecule has 0 spiro atoms. The lowest BCUT2D eigenvalue weighted by Gasteiger charge is -2.21. The summed E-state index contributed by atoms with van der Waals surface area (Å²) in [5, 5.41) is 9.33. The van der Waals surface area contributed by atoms with Crippen molar-refractivity contribution >= 4 is 10.0 Å². The maximum atomic E-state index is 12.5. The molecule has 1 N–H and O–H groups in total. The predicted molar refractivity (Wildman–Crippen MR) is 75.8 cm³/mol. The maximum Gasteiger partial charge on any atom is 0.243 e. The van der Waals surface area contributed by atoms with Crippen LogP contribution in [0, 0.1) is 6.92 Å². The summed E-state index contributed by atoms with van der Waals surface area (Å²) in [6, 6.07) is 3.05. The van der Waals surface area contributed by atoms with Crippen LogP contribution in [0.15, 0.2) is 17.0 Å². The first-order chi connectivity index (χ1) is 9.23. The summed E-state index contributed by atoms with van der Waals surface area (Å²) >= 11 is 0. The molecule has 0 saturated carbocycles. The van der Waals surface area contributed by atoms with Crippen molar-refractivity contribution in [2.24, 2.45) is 0 Å². The second kappa shape index (κ2) is 6.43. The average molecular weight is 303 g/mol. The zero-order chi connectivity index (χ0) is 15.5. The molecule has 0 amide bonds. The molecule has 1 unspecified atom stereocenters. The minimum atomic E-state index is -3.68. The van der Waals surface area contributed by atoms with Gasteiger partial charge in [0.25, 0.3) is 0 Å². The fourth-order valence-corrected chi connectivity index (χ4v) is 3.35. The Balaban J connectivity index is 3.31. The van der Waals surface area contributed by atoms with Crippen molar-refractivity contribution in [1.82, 2.24) is 4.31 Å². The first kappa shape index (κ1) is 16.7. The van der Waals surface area contributed by atoms with Crippen molar-refractivity contribution < 1.29 is 23.0 Å². The summed E-state index contributed by atoms with van der Waals surface area (Å²) in [4.78, 5) is 0.137. The summed E-state index contributed by atoms with van der Waals surface area (Å²) in [5.41, 5.74) is 0.556. The predicted octanol–water partition coefficient (Wildman–Crippen LogP) is 1.01. The number of nitrogens with zero attached hydrogens (tertiary/aromatic N) is 1. The summed E-state index contributed by atoms with van der Waals surface area (Å²) in [7, 11) is 0.683. The van der Waals surface area contributed by atoms with Crippen LogP contribution in [-0.4, -0.2) is 51.7 Å². The Morgan fingerprint density at radius 2 is 1.75 bits per heavy atom. The molecule has 0 aliphatic heterocycles. The number of methoxy groups -OCH3 is 2. The molecule has 0 radical (unpaired) electrons. The lowest BCUT2D eigenvalue weighted by molar-refractivity contribution is 0.171. The molecule has 0 fully saturated rings. The van der Waals surface area contributed by atoms with E-state index in [2.05, 4.69) is 0 Å². The molecule has 1 atom stereocenters. The molecule has 0 aliphatic rings. The largest absolute Gasteiger partial charge is 0.493 e. The highest BCUT2D eigenvalue weighted by molar-refractivity contribution is 7.89. The number of aryl methyl sites for hydroxylation is 1. The van der Waals surface area contributed by atoms with Gasteiger partial charge in [0, 0.05) is 19.7 Å². The molecule has 0 aromatic heterocycles. The normalized spacial score (nSPS) is 13.3. The highest BCUT2D eigenvalue weighted by atomic mass is 32.2. The molecule has 0 bridgehead atoms. The van der Waals surface area contributed by atoms with Gasteiger partial charge < -0.3 is 14.6 Å². The quantitative estimate of drug-likeness (QED) is 0.849. The van der Waals surface area contributed by atoms with Crippen LogP contribution in [0.5, 0.6) is 11.5 Å². The molecule has 7 heteroatoms. The van der Waals surface area contributed by atoms with Crippen LogP contribution >= 0.6 is 0 Å². The lowest BCUT2D eigenvalue weighted by Crippen LogP contribution is -2.33. The van der Waals surface area contributed by atoms with Crippen molar-refractivity contribution in [3.63, 3.8) is 0 Å². The van der Waals surface area contributed by atoms with Crippen LogP contribution in [0.2, 0.25) is 0 Å². The lowest BCUT2D eigenvalue weighted by atomic mass is 10.2. The minimum Gasteiger partial charge on any atom is -0.493 e. The second-order valence-electron chi connectivity index (χ2n) is 4.61. The van der Waals surface area contributed by atoms with Crippen LogP contribution in [0.25, 0.3) is 0 Å². The topological polar surface area (TPSA) is 76.1 Å². The first-order valence-electron chi connectivity index (χ1n) is 6.11.